The molecule has 2 aromatic carbocycles. The highest BCUT2D eigenvalue weighted by Gasteiger charge is 2.22. The van der Waals surface area contributed by atoms with E-state index in [1.54, 1.807) is 36.7 Å². The van der Waals surface area contributed by atoms with Gasteiger partial charge in [-0.05, 0) is 29.7 Å². The van der Waals surface area contributed by atoms with Crippen molar-refractivity contribution in [2.45, 2.75) is 25.4 Å². The molecule has 2 heterocycles. The van der Waals surface area contributed by atoms with Crippen LogP contribution in [-0.2, 0) is 27.9 Å². The number of aryl methyl sites for hydroxylation is 1. The Kier molecular flexibility index (Phi) is 6.83. The van der Waals surface area contributed by atoms with Crippen LogP contribution >= 0.6 is 0 Å². The number of imidazole rings is 1. The van der Waals surface area contributed by atoms with Crippen molar-refractivity contribution in [1.82, 2.24) is 19.8 Å². The van der Waals surface area contributed by atoms with Crippen molar-refractivity contribution in [3.63, 3.8) is 0 Å². The first kappa shape index (κ1) is 22.3. The Morgan fingerprint density at radius 3 is 2.52 bits per heavy atom. The second-order valence-electron chi connectivity index (χ2n) is 8.00. The van der Waals surface area contributed by atoms with E-state index in [9.17, 15) is 14.4 Å². The highest BCUT2D eigenvalue weighted by molar-refractivity contribution is 5.91. The van der Waals surface area contributed by atoms with E-state index >= 15 is 0 Å². The molecule has 0 unspecified atom stereocenters. The maximum atomic E-state index is 12.6. The van der Waals surface area contributed by atoms with Gasteiger partial charge in [-0.2, -0.15) is 0 Å². The first-order valence-corrected chi connectivity index (χ1v) is 10.9. The lowest BCUT2D eigenvalue weighted by molar-refractivity contribution is -0.128. The molecule has 1 aliphatic rings. The monoisotopic (exact) mass is 446 g/mol. The van der Waals surface area contributed by atoms with Crippen molar-refractivity contribution < 1.29 is 19.1 Å². The molecule has 170 valence electrons. The number of nitrogens with one attached hydrogen (secondary N) is 1. The summed E-state index contributed by atoms with van der Waals surface area (Å²) in [5, 5.41) is 2.90. The van der Waals surface area contributed by atoms with Crippen molar-refractivity contribution >= 4 is 17.8 Å². The van der Waals surface area contributed by atoms with Gasteiger partial charge in [0.25, 0.3) is 5.91 Å². The third-order valence-corrected chi connectivity index (χ3v) is 5.62. The van der Waals surface area contributed by atoms with Gasteiger partial charge in [-0.15, -0.1) is 0 Å². The van der Waals surface area contributed by atoms with Gasteiger partial charge in [-0.1, -0.05) is 42.5 Å². The summed E-state index contributed by atoms with van der Waals surface area (Å²) >= 11 is 0. The molecule has 0 aliphatic carbocycles. The number of nitrogens with zero attached hydrogens (tertiary/aromatic N) is 3. The molecule has 0 bridgehead atoms. The summed E-state index contributed by atoms with van der Waals surface area (Å²) in [4.78, 5) is 42.9. The van der Waals surface area contributed by atoms with Crippen LogP contribution in [-0.4, -0.2) is 45.4 Å². The lowest BCUT2D eigenvalue weighted by Gasteiger charge is -2.19. The summed E-state index contributed by atoms with van der Waals surface area (Å²) in [6, 6.07) is 15.9. The number of likely N-dealkylation sites (tertiary alicyclic amines) is 1. The summed E-state index contributed by atoms with van der Waals surface area (Å²) in [5.74, 6) is -0.177. The number of ether oxygens (including phenoxy) is 1. The highest BCUT2D eigenvalue weighted by atomic mass is 16.5. The molecule has 8 nitrogen and oxygen atoms in total. The molecular formula is C25H26N4O4. The summed E-state index contributed by atoms with van der Waals surface area (Å²) in [5.41, 5.74) is 2.17. The normalized spacial score (nSPS) is 14.2. The standard InChI is InChI=1S/C25H26N4O4/c1-28-15-13-26-24(28)23(19-6-3-2-4-7-19)27-21(30)17-33-25(32)20-11-9-18(10-12-20)16-29-14-5-8-22(29)31/h2-4,6-7,9-13,15,23H,5,8,14,16-17H2,1H3,(H,27,30)/t23-/m0/s1. The van der Waals surface area contributed by atoms with Crippen molar-refractivity contribution in [2.24, 2.45) is 7.05 Å². The number of rotatable bonds is 8. The second kappa shape index (κ2) is 10.1. The van der Waals surface area contributed by atoms with Crippen LogP contribution < -0.4 is 5.32 Å². The molecule has 1 fully saturated rings. The van der Waals surface area contributed by atoms with Crippen LogP contribution in [0, 0.1) is 0 Å². The molecule has 1 atom stereocenters. The van der Waals surface area contributed by atoms with Gasteiger partial charge in [-0.25, -0.2) is 9.78 Å². The van der Waals surface area contributed by atoms with Gasteiger partial charge in [0, 0.05) is 39.0 Å². The lowest BCUT2D eigenvalue weighted by Crippen LogP contribution is -2.34. The number of carbonyl (C=O) groups is 3. The van der Waals surface area contributed by atoms with E-state index in [1.807, 2.05) is 46.8 Å². The van der Waals surface area contributed by atoms with Crippen molar-refractivity contribution in [1.29, 1.82) is 0 Å². The van der Waals surface area contributed by atoms with Crippen molar-refractivity contribution in [2.75, 3.05) is 13.2 Å². The molecule has 0 spiro atoms. The number of hydrogen-bond donors (Lipinski definition) is 1. The van der Waals surface area contributed by atoms with E-state index in [4.69, 9.17) is 4.74 Å². The molecule has 33 heavy (non-hydrogen) atoms. The van der Waals surface area contributed by atoms with E-state index in [0.29, 0.717) is 24.4 Å². The fourth-order valence-electron chi connectivity index (χ4n) is 3.85. The van der Waals surface area contributed by atoms with Gasteiger partial charge < -0.3 is 19.5 Å². The fraction of sp³-hybridized carbons (Fsp3) is 0.280. The van der Waals surface area contributed by atoms with Crippen molar-refractivity contribution in [3.05, 3.63) is 89.5 Å². The highest BCUT2D eigenvalue weighted by Crippen LogP contribution is 2.20. The molecule has 1 N–H and O–H groups in total. The van der Waals surface area contributed by atoms with E-state index in [0.717, 1.165) is 24.1 Å². The quantitative estimate of drug-likeness (QED) is 0.537. The number of amides is 2. The van der Waals surface area contributed by atoms with Gasteiger partial charge >= 0.3 is 5.97 Å². The smallest absolute Gasteiger partial charge is 0.338 e. The van der Waals surface area contributed by atoms with E-state index in [2.05, 4.69) is 10.3 Å². The molecule has 0 saturated carbocycles. The molecule has 1 aromatic heterocycles. The predicted molar refractivity (Wildman–Crippen MR) is 121 cm³/mol. The second-order valence-corrected chi connectivity index (χ2v) is 8.00. The summed E-state index contributed by atoms with van der Waals surface area (Å²) < 4.78 is 7.06. The predicted octanol–water partition coefficient (Wildman–Crippen LogP) is 2.61. The molecule has 0 radical (unpaired) electrons. The number of benzene rings is 2. The van der Waals surface area contributed by atoms with Crippen LogP contribution in [0.15, 0.2) is 67.0 Å². The number of aromatic nitrogens is 2. The SMILES string of the molecule is Cn1ccnc1[C@@H](NC(=O)COC(=O)c1ccc(CN2CCCC2=O)cc1)c1ccccc1. The minimum atomic E-state index is -0.581. The Morgan fingerprint density at radius 2 is 1.88 bits per heavy atom. The zero-order valence-electron chi connectivity index (χ0n) is 18.4. The summed E-state index contributed by atoms with van der Waals surface area (Å²) in [7, 11) is 1.85. The first-order chi connectivity index (χ1) is 16.0. The molecule has 1 saturated heterocycles. The van der Waals surface area contributed by atoms with Gasteiger partial charge in [0.15, 0.2) is 6.61 Å². The maximum Gasteiger partial charge on any atom is 0.338 e. The topological polar surface area (TPSA) is 93.5 Å². The van der Waals surface area contributed by atoms with Crippen LogP contribution in [0.4, 0.5) is 0 Å². The average Bonchev–Trinajstić information content (AvgIpc) is 3.44. The van der Waals surface area contributed by atoms with E-state index < -0.39 is 24.5 Å². The molecule has 2 amide bonds. The number of carbonyl (C=O) groups excluding carboxylic acids is 3. The number of esters is 1. The van der Waals surface area contributed by atoms with Gasteiger partial charge in [0.1, 0.15) is 11.9 Å². The minimum Gasteiger partial charge on any atom is -0.452 e. The van der Waals surface area contributed by atoms with E-state index in [1.165, 1.54) is 0 Å². The lowest BCUT2D eigenvalue weighted by atomic mass is 10.1. The van der Waals surface area contributed by atoms with Gasteiger partial charge in [-0.3, -0.25) is 9.59 Å². The molecule has 1 aliphatic heterocycles. The zero-order chi connectivity index (χ0) is 23.2. The largest absolute Gasteiger partial charge is 0.452 e. The maximum absolute atomic E-state index is 12.6. The van der Waals surface area contributed by atoms with Gasteiger partial charge in [0.2, 0.25) is 5.91 Å². The fourth-order valence-corrected chi connectivity index (χ4v) is 3.85. The van der Waals surface area contributed by atoms with Crippen LogP contribution in [0.1, 0.15) is 46.2 Å². The Morgan fingerprint density at radius 1 is 1.12 bits per heavy atom. The molecule has 8 heteroatoms. The third-order valence-electron chi connectivity index (χ3n) is 5.62. The van der Waals surface area contributed by atoms with Gasteiger partial charge in [0.05, 0.1) is 5.56 Å². The average molecular weight is 447 g/mol. The summed E-state index contributed by atoms with van der Waals surface area (Å²) in [6.45, 7) is 0.890. The van der Waals surface area contributed by atoms with Crippen LogP contribution in [0.5, 0.6) is 0 Å². The zero-order valence-corrected chi connectivity index (χ0v) is 18.4. The minimum absolute atomic E-state index is 0.156. The van der Waals surface area contributed by atoms with Crippen LogP contribution in [0.2, 0.25) is 0 Å². The Bertz CT molecular complexity index is 1120. The summed E-state index contributed by atoms with van der Waals surface area (Å²) in [6.07, 6.45) is 4.95. The van der Waals surface area contributed by atoms with Crippen LogP contribution in [0.25, 0.3) is 0 Å². The van der Waals surface area contributed by atoms with Crippen molar-refractivity contribution in [3.8, 4) is 0 Å². The third kappa shape index (κ3) is 5.46. The first-order valence-electron chi connectivity index (χ1n) is 10.9. The Hall–Kier alpha value is -3.94. The Balaban J connectivity index is 1.34. The molecule has 4 rings (SSSR count). The molecular weight excluding hydrogens is 420 g/mol. The van der Waals surface area contributed by atoms with Crippen LogP contribution in [0.3, 0.4) is 0 Å². The Labute approximate surface area is 192 Å². The van der Waals surface area contributed by atoms with E-state index in [-0.39, 0.29) is 5.91 Å². The molecule has 3 aromatic rings. The number of hydrogen-bond acceptors (Lipinski definition) is 5.